The molecule has 0 radical (unpaired) electrons. The molecule has 0 atom stereocenters. The minimum absolute atomic E-state index is 0.0283. The topological polar surface area (TPSA) is 61.6 Å². The monoisotopic (exact) mass is 425 g/mol. The Hall–Kier alpha value is -2.21. The summed E-state index contributed by atoms with van der Waals surface area (Å²) in [4.78, 5) is 16.3. The summed E-state index contributed by atoms with van der Waals surface area (Å²) in [5.41, 5.74) is 1.38. The first-order valence-electron chi connectivity index (χ1n) is 7.88. The molecule has 0 amide bonds. The lowest BCUT2D eigenvalue weighted by molar-refractivity contribution is -0.147. The molecule has 1 aromatic heterocycles. The number of oxazole rings is 1. The molecule has 27 heavy (non-hydrogen) atoms. The fourth-order valence-corrected chi connectivity index (χ4v) is 2.80. The normalized spacial score (nSPS) is 10.7. The molecule has 0 fully saturated rings. The van der Waals surface area contributed by atoms with Gasteiger partial charge in [-0.15, -0.1) is 0 Å². The van der Waals surface area contributed by atoms with Gasteiger partial charge in [0.25, 0.3) is 0 Å². The van der Waals surface area contributed by atoms with Crippen LogP contribution in [-0.4, -0.2) is 17.6 Å². The Balaban J connectivity index is 1.57. The summed E-state index contributed by atoms with van der Waals surface area (Å²) in [6.45, 7) is 1.40. The van der Waals surface area contributed by atoms with Crippen molar-refractivity contribution >= 4 is 40.8 Å². The van der Waals surface area contributed by atoms with Crippen molar-refractivity contribution in [3.63, 3.8) is 0 Å². The molecular weight excluding hydrogens is 413 g/mol. The van der Waals surface area contributed by atoms with Gasteiger partial charge in [0.15, 0.2) is 6.61 Å². The largest absolute Gasteiger partial charge is 0.480 e. The van der Waals surface area contributed by atoms with Crippen LogP contribution < -0.4 is 4.74 Å². The van der Waals surface area contributed by atoms with Crippen LogP contribution in [0.4, 0.5) is 0 Å². The van der Waals surface area contributed by atoms with Gasteiger partial charge in [-0.1, -0.05) is 53.0 Å². The Kier molecular flexibility index (Phi) is 6.26. The average Bonchev–Trinajstić information content (AvgIpc) is 3.03. The van der Waals surface area contributed by atoms with E-state index in [9.17, 15) is 4.79 Å². The summed E-state index contributed by atoms with van der Waals surface area (Å²) < 4.78 is 16.1. The fourth-order valence-electron chi connectivity index (χ4n) is 2.21. The van der Waals surface area contributed by atoms with E-state index < -0.39 is 5.97 Å². The molecule has 5 nitrogen and oxygen atoms in total. The number of carbonyl (C=O) groups excluding carboxylic acids is 1. The molecule has 0 spiro atoms. The first-order valence-corrected chi connectivity index (χ1v) is 9.02. The third-order valence-electron chi connectivity index (χ3n) is 3.60. The van der Waals surface area contributed by atoms with E-state index in [1.165, 1.54) is 12.1 Å². The summed E-state index contributed by atoms with van der Waals surface area (Å²) in [5.74, 6) is 0.709. The number of carbonyl (C=O) groups is 1. The van der Waals surface area contributed by atoms with Gasteiger partial charge in [-0.2, -0.15) is 0 Å². The molecule has 140 valence electrons. The zero-order valence-electron chi connectivity index (χ0n) is 14.2. The highest BCUT2D eigenvalue weighted by atomic mass is 35.5. The number of hydrogen-bond donors (Lipinski definition) is 0. The quantitative estimate of drug-likeness (QED) is 0.372. The number of esters is 1. The molecule has 0 saturated heterocycles. The lowest BCUT2D eigenvalue weighted by atomic mass is 10.2. The van der Waals surface area contributed by atoms with E-state index in [2.05, 4.69) is 4.98 Å². The molecule has 0 N–H and O–H groups in total. The SMILES string of the molecule is Cc1oc(-c2ccccc2)nc1COC(=O)COc1cc(Cl)c(Cl)cc1Cl. The van der Waals surface area contributed by atoms with Crippen LogP contribution in [0, 0.1) is 6.92 Å². The van der Waals surface area contributed by atoms with Gasteiger partial charge in [0, 0.05) is 11.6 Å². The summed E-state index contributed by atoms with van der Waals surface area (Å²) in [6, 6.07) is 12.3. The van der Waals surface area contributed by atoms with Crippen LogP contribution in [0.3, 0.4) is 0 Å². The molecule has 0 aliphatic carbocycles. The van der Waals surface area contributed by atoms with Crippen LogP contribution >= 0.6 is 34.8 Å². The first-order chi connectivity index (χ1) is 12.9. The maximum atomic E-state index is 11.9. The fraction of sp³-hybridized carbons (Fsp3) is 0.158. The van der Waals surface area contributed by atoms with E-state index in [1.807, 2.05) is 30.3 Å². The minimum atomic E-state index is -0.583. The second kappa shape index (κ2) is 8.65. The average molecular weight is 427 g/mol. The minimum Gasteiger partial charge on any atom is -0.480 e. The Morgan fingerprint density at radius 2 is 1.78 bits per heavy atom. The van der Waals surface area contributed by atoms with Crippen LogP contribution in [0.1, 0.15) is 11.5 Å². The number of hydrogen-bond acceptors (Lipinski definition) is 5. The Bertz CT molecular complexity index is 957. The van der Waals surface area contributed by atoms with E-state index in [4.69, 9.17) is 48.7 Å². The van der Waals surface area contributed by atoms with Gasteiger partial charge in [-0.25, -0.2) is 9.78 Å². The third-order valence-corrected chi connectivity index (χ3v) is 4.62. The van der Waals surface area contributed by atoms with Crippen molar-refractivity contribution in [3.05, 3.63) is 69.0 Å². The summed E-state index contributed by atoms with van der Waals surface area (Å²) in [7, 11) is 0. The van der Waals surface area contributed by atoms with Crippen molar-refractivity contribution in [1.29, 1.82) is 0 Å². The van der Waals surface area contributed by atoms with E-state index >= 15 is 0 Å². The number of nitrogens with zero attached hydrogens (tertiary/aromatic N) is 1. The Labute approximate surface area is 170 Å². The molecule has 8 heteroatoms. The molecule has 0 unspecified atom stereocenters. The van der Waals surface area contributed by atoms with E-state index in [0.717, 1.165) is 5.56 Å². The zero-order valence-corrected chi connectivity index (χ0v) is 16.4. The number of ether oxygens (including phenoxy) is 2. The lowest BCUT2D eigenvalue weighted by Crippen LogP contribution is -2.15. The highest BCUT2D eigenvalue weighted by molar-refractivity contribution is 6.43. The van der Waals surface area contributed by atoms with E-state index in [-0.39, 0.29) is 29.0 Å². The van der Waals surface area contributed by atoms with Crippen LogP contribution in [0.2, 0.25) is 15.1 Å². The molecule has 0 aliphatic heterocycles. The molecule has 1 heterocycles. The van der Waals surface area contributed by atoms with E-state index in [1.54, 1.807) is 6.92 Å². The highest BCUT2D eigenvalue weighted by Crippen LogP contribution is 2.33. The summed E-state index contributed by atoms with van der Waals surface area (Å²) >= 11 is 17.8. The molecule has 2 aromatic carbocycles. The standard InChI is InChI=1S/C19H14Cl3NO4/c1-11-16(23-19(27-11)12-5-3-2-4-6-12)9-26-18(24)10-25-17-8-14(21)13(20)7-15(17)22/h2-8H,9-10H2,1H3. The number of aromatic nitrogens is 1. The van der Waals surface area contributed by atoms with Gasteiger partial charge in [-0.3, -0.25) is 0 Å². The van der Waals surface area contributed by atoms with Crippen molar-refractivity contribution < 1.29 is 18.7 Å². The van der Waals surface area contributed by atoms with Gasteiger partial charge < -0.3 is 13.9 Å². The number of aryl methyl sites for hydroxylation is 1. The summed E-state index contributed by atoms with van der Waals surface area (Å²) in [6.07, 6.45) is 0. The van der Waals surface area contributed by atoms with Gasteiger partial charge in [-0.05, 0) is 25.1 Å². The first kappa shape index (κ1) is 19.5. The van der Waals surface area contributed by atoms with Gasteiger partial charge in [0.2, 0.25) is 5.89 Å². The molecule has 0 bridgehead atoms. The predicted octanol–water partition coefficient (Wildman–Crippen LogP) is 5.73. The third kappa shape index (κ3) is 4.95. The Morgan fingerprint density at radius 1 is 1.07 bits per heavy atom. The van der Waals surface area contributed by atoms with Gasteiger partial charge >= 0.3 is 5.97 Å². The number of benzene rings is 2. The van der Waals surface area contributed by atoms with Crippen molar-refractivity contribution in [2.45, 2.75) is 13.5 Å². The predicted molar refractivity (Wildman–Crippen MR) is 103 cm³/mol. The van der Waals surface area contributed by atoms with Crippen LogP contribution in [0.5, 0.6) is 5.75 Å². The second-order valence-electron chi connectivity index (χ2n) is 5.53. The molecule has 0 saturated carbocycles. The van der Waals surface area contributed by atoms with Crippen molar-refractivity contribution in [2.75, 3.05) is 6.61 Å². The molecular formula is C19H14Cl3NO4. The van der Waals surface area contributed by atoms with E-state index in [0.29, 0.717) is 22.4 Å². The zero-order chi connectivity index (χ0) is 19.4. The second-order valence-corrected chi connectivity index (χ2v) is 6.76. The molecule has 3 aromatic rings. The summed E-state index contributed by atoms with van der Waals surface area (Å²) in [5, 5.41) is 0.820. The van der Waals surface area contributed by atoms with Gasteiger partial charge in [0.1, 0.15) is 23.8 Å². The number of rotatable bonds is 6. The lowest BCUT2D eigenvalue weighted by Gasteiger charge is -2.09. The maximum Gasteiger partial charge on any atom is 0.344 e. The van der Waals surface area contributed by atoms with Crippen LogP contribution in [0.25, 0.3) is 11.5 Å². The van der Waals surface area contributed by atoms with Gasteiger partial charge in [0.05, 0.1) is 15.1 Å². The smallest absolute Gasteiger partial charge is 0.344 e. The highest BCUT2D eigenvalue weighted by Gasteiger charge is 2.14. The number of halogens is 3. The molecule has 3 rings (SSSR count). The van der Waals surface area contributed by atoms with Crippen LogP contribution in [-0.2, 0) is 16.1 Å². The maximum absolute atomic E-state index is 11.9. The van der Waals surface area contributed by atoms with Crippen LogP contribution in [0.15, 0.2) is 46.9 Å². The molecule has 0 aliphatic rings. The van der Waals surface area contributed by atoms with Crippen molar-refractivity contribution in [3.8, 4) is 17.2 Å². The van der Waals surface area contributed by atoms with Crippen molar-refractivity contribution in [2.24, 2.45) is 0 Å². The van der Waals surface area contributed by atoms with Crippen molar-refractivity contribution in [1.82, 2.24) is 4.98 Å². The Morgan fingerprint density at radius 3 is 2.52 bits per heavy atom.